The minimum atomic E-state index is -0.332. The van der Waals surface area contributed by atoms with Crippen molar-refractivity contribution >= 4 is 17.5 Å². The lowest BCUT2D eigenvalue weighted by Gasteiger charge is -2.22. The fourth-order valence-corrected chi connectivity index (χ4v) is 3.05. The number of ether oxygens (including phenoxy) is 1. The van der Waals surface area contributed by atoms with E-state index in [0.29, 0.717) is 29.7 Å². The topological polar surface area (TPSA) is 41.6 Å². The molecule has 3 rings (SSSR count). The first kappa shape index (κ1) is 18.7. The summed E-state index contributed by atoms with van der Waals surface area (Å²) < 4.78 is 19.2. The fourth-order valence-electron chi connectivity index (χ4n) is 2.82. The summed E-state index contributed by atoms with van der Waals surface area (Å²) in [7, 11) is 1.62. The number of benzene rings is 2. The Balaban J connectivity index is 1.56. The number of amides is 1. The first-order valence-electron chi connectivity index (χ1n) is 8.63. The van der Waals surface area contributed by atoms with Gasteiger partial charge in [0.1, 0.15) is 11.6 Å². The van der Waals surface area contributed by atoms with Crippen LogP contribution in [0.15, 0.2) is 42.5 Å². The third-order valence-corrected chi connectivity index (χ3v) is 4.84. The third kappa shape index (κ3) is 4.96. The van der Waals surface area contributed by atoms with Gasteiger partial charge < -0.3 is 10.1 Å². The van der Waals surface area contributed by atoms with Gasteiger partial charge in [0, 0.05) is 29.7 Å². The van der Waals surface area contributed by atoms with E-state index in [1.807, 2.05) is 29.2 Å². The maximum atomic E-state index is 14.0. The summed E-state index contributed by atoms with van der Waals surface area (Å²) in [6.07, 6.45) is 2.05. The van der Waals surface area contributed by atoms with E-state index >= 15 is 0 Å². The van der Waals surface area contributed by atoms with Gasteiger partial charge in [-0.25, -0.2) is 4.39 Å². The summed E-state index contributed by atoms with van der Waals surface area (Å²) in [5.74, 6) is 0.365. The highest BCUT2D eigenvalue weighted by Gasteiger charge is 2.31. The van der Waals surface area contributed by atoms with Crippen LogP contribution in [-0.4, -0.2) is 30.5 Å². The molecule has 138 valence electrons. The van der Waals surface area contributed by atoms with E-state index in [2.05, 4.69) is 5.32 Å². The molecule has 1 aliphatic rings. The number of nitrogens with one attached hydrogen (secondary N) is 1. The van der Waals surface area contributed by atoms with E-state index < -0.39 is 0 Å². The largest absolute Gasteiger partial charge is 0.497 e. The van der Waals surface area contributed by atoms with Crippen LogP contribution >= 0.6 is 11.6 Å². The zero-order valence-electron chi connectivity index (χ0n) is 14.7. The summed E-state index contributed by atoms with van der Waals surface area (Å²) in [6.45, 7) is 1.01. The van der Waals surface area contributed by atoms with E-state index in [4.69, 9.17) is 16.3 Å². The van der Waals surface area contributed by atoms with Gasteiger partial charge in [0.15, 0.2) is 0 Å². The van der Waals surface area contributed by atoms with Crippen LogP contribution in [0, 0.1) is 5.82 Å². The lowest BCUT2D eigenvalue weighted by atomic mass is 10.2. The lowest BCUT2D eigenvalue weighted by Crippen LogP contribution is -2.38. The van der Waals surface area contributed by atoms with Crippen molar-refractivity contribution in [1.29, 1.82) is 0 Å². The zero-order valence-corrected chi connectivity index (χ0v) is 15.4. The van der Waals surface area contributed by atoms with E-state index in [-0.39, 0.29) is 18.3 Å². The number of rotatable bonds is 8. The summed E-state index contributed by atoms with van der Waals surface area (Å²) in [6, 6.07) is 12.5. The number of carbonyl (C=O) groups excluding carboxylic acids is 1. The van der Waals surface area contributed by atoms with Gasteiger partial charge >= 0.3 is 0 Å². The van der Waals surface area contributed by atoms with Gasteiger partial charge in [-0.2, -0.15) is 0 Å². The summed E-state index contributed by atoms with van der Waals surface area (Å²) in [4.78, 5) is 14.3. The van der Waals surface area contributed by atoms with Gasteiger partial charge in [0.25, 0.3) is 0 Å². The SMILES string of the molecule is COc1ccc(CNC(=O)CN(Cc2c(F)cccc2Cl)C2CC2)cc1. The van der Waals surface area contributed by atoms with Gasteiger partial charge in [-0.15, -0.1) is 0 Å². The van der Waals surface area contributed by atoms with Gasteiger partial charge in [0.05, 0.1) is 13.7 Å². The maximum absolute atomic E-state index is 14.0. The summed E-state index contributed by atoms with van der Waals surface area (Å²) in [5.41, 5.74) is 1.44. The van der Waals surface area contributed by atoms with Gasteiger partial charge in [0.2, 0.25) is 5.91 Å². The van der Waals surface area contributed by atoms with Crippen molar-refractivity contribution in [3.05, 3.63) is 64.4 Å². The second-order valence-electron chi connectivity index (χ2n) is 6.46. The molecule has 2 aromatic rings. The highest BCUT2D eigenvalue weighted by Crippen LogP contribution is 2.30. The molecule has 0 spiro atoms. The first-order chi connectivity index (χ1) is 12.6. The standard InChI is InChI=1S/C20H22ClFN2O2/c1-26-16-9-5-14(6-10-16)11-23-20(25)13-24(15-7-8-15)12-17-18(21)3-2-4-19(17)22/h2-6,9-10,15H,7-8,11-13H2,1H3,(H,23,25). The molecule has 26 heavy (non-hydrogen) atoms. The molecule has 1 N–H and O–H groups in total. The van der Waals surface area contributed by atoms with Crippen molar-refractivity contribution in [2.75, 3.05) is 13.7 Å². The number of carbonyl (C=O) groups is 1. The maximum Gasteiger partial charge on any atom is 0.234 e. The molecule has 1 amide bonds. The van der Waals surface area contributed by atoms with E-state index in [9.17, 15) is 9.18 Å². The molecule has 0 radical (unpaired) electrons. The van der Waals surface area contributed by atoms with E-state index in [1.165, 1.54) is 6.07 Å². The van der Waals surface area contributed by atoms with Crippen molar-refractivity contribution in [3.8, 4) is 5.75 Å². The molecular formula is C20H22ClFN2O2. The minimum absolute atomic E-state index is 0.0832. The number of hydrogen-bond acceptors (Lipinski definition) is 3. The monoisotopic (exact) mass is 376 g/mol. The molecule has 4 nitrogen and oxygen atoms in total. The Kier molecular flexibility index (Phi) is 6.12. The van der Waals surface area contributed by atoms with Gasteiger partial charge in [-0.3, -0.25) is 9.69 Å². The average Bonchev–Trinajstić information content (AvgIpc) is 3.48. The van der Waals surface area contributed by atoms with Crippen LogP contribution in [0.25, 0.3) is 0 Å². The Bertz CT molecular complexity index is 743. The van der Waals surface area contributed by atoms with Crippen LogP contribution < -0.4 is 10.1 Å². The molecule has 0 unspecified atom stereocenters. The first-order valence-corrected chi connectivity index (χ1v) is 9.01. The quantitative estimate of drug-likeness (QED) is 0.762. The highest BCUT2D eigenvalue weighted by molar-refractivity contribution is 6.31. The van der Waals surface area contributed by atoms with Gasteiger partial charge in [-0.1, -0.05) is 29.8 Å². The second kappa shape index (κ2) is 8.52. The molecule has 1 fully saturated rings. The molecule has 1 aliphatic carbocycles. The Morgan fingerprint density at radius 2 is 2.00 bits per heavy atom. The molecule has 0 aliphatic heterocycles. The van der Waals surface area contributed by atoms with E-state index in [1.54, 1.807) is 19.2 Å². The smallest absolute Gasteiger partial charge is 0.234 e. The summed E-state index contributed by atoms with van der Waals surface area (Å²) >= 11 is 6.12. The van der Waals surface area contributed by atoms with Crippen LogP contribution in [-0.2, 0) is 17.9 Å². The fraction of sp³-hybridized carbons (Fsp3) is 0.350. The molecular weight excluding hydrogens is 355 g/mol. The molecule has 0 aromatic heterocycles. The number of hydrogen-bond donors (Lipinski definition) is 1. The normalized spacial score (nSPS) is 13.7. The lowest BCUT2D eigenvalue weighted by molar-refractivity contribution is -0.122. The minimum Gasteiger partial charge on any atom is -0.497 e. The number of halogens is 2. The van der Waals surface area contributed by atoms with Crippen LogP contribution in [0.3, 0.4) is 0 Å². The van der Waals surface area contributed by atoms with Gasteiger partial charge in [-0.05, 0) is 42.7 Å². The van der Waals surface area contributed by atoms with Crippen molar-refractivity contribution in [1.82, 2.24) is 10.2 Å². The Hall–Kier alpha value is -2.11. The van der Waals surface area contributed by atoms with Crippen molar-refractivity contribution in [3.63, 3.8) is 0 Å². The zero-order chi connectivity index (χ0) is 18.5. The predicted octanol–water partition coefficient (Wildman–Crippen LogP) is 3.77. The molecule has 2 aromatic carbocycles. The van der Waals surface area contributed by atoms with E-state index in [0.717, 1.165) is 24.2 Å². The Labute approximate surface area is 157 Å². The molecule has 1 saturated carbocycles. The summed E-state index contributed by atoms with van der Waals surface area (Å²) in [5, 5.41) is 3.31. The predicted molar refractivity (Wildman–Crippen MR) is 99.7 cm³/mol. The Morgan fingerprint density at radius 3 is 2.62 bits per heavy atom. The van der Waals surface area contributed by atoms with Crippen LogP contribution in [0.1, 0.15) is 24.0 Å². The third-order valence-electron chi connectivity index (χ3n) is 4.48. The van der Waals surface area contributed by atoms with Crippen molar-refractivity contribution in [2.24, 2.45) is 0 Å². The van der Waals surface area contributed by atoms with Crippen LogP contribution in [0.5, 0.6) is 5.75 Å². The average molecular weight is 377 g/mol. The van der Waals surface area contributed by atoms with Crippen LogP contribution in [0.2, 0.25) is 5.02 Å². The van der Waals surface area contributed by atoms with Crippen molar-refractivity contribution in [2.45, 2.75) is 32.0 Å². The molecule has 0 heterocycles. The molecule has 0 bridgehead atoms. The molecule has 0 atom stereocenters. The van der Waals surface area contributed by atoms with Crippen molar-refractivity contribution < 1.29 is 13.9 Å². The number of methoxy groups -OCH3 is 1. The van der Waals surface area contributed by atoms with Crippen LogP contribution in [0.4, 0.5) is 4.39 Å². The number of nitrogens with zero attached hydrogens (tertiary/aromatic N) is 1. The molecule has 0 saturated heterocycles. The second-order valence-corrected chi connectivity index (χ2v) is 6.87. The molecule has 6 heteroatoms. The Morgan fingerprint density at radius 1 is 1.27 bits per heavy atom. The highest BCUT2D eigenvalue weighted by atomic mass is 35.5.